The molecule has 38 heavy (non-hydrogen) atoms. The summed E-state index contributed by atoms with van der Waals surface area (Å²) in [5.41, 5.74) is 0.795. The number of para-hydroxylation sites is 2. The van der Waals surface area contributed by atoms with Crippen molar-refractivity contribution in [2.75, 3.05) is 4.90 Å². The Morgan fingerprint density at radius 1 is 0.921 bits per heavy atom. The first-order valence-electron chi connectivity index (χ1n) is 12.5. The van der Waals surface area contributed by atoms with E-state index in [4.69, 9.17) is 28.2 Å². The van der Waals surface area contributed by atoms with Gasteiger partial charge >= 0.3 is 0 Å². The minimum Gasteiger partial charge on any atom is -0.296 e. The van der Waals surface area contributed by atoms with E-state index in [-0.39, 0.29) is 34.1 Å². The Morgan fingerprint density at radius 2 is 1.66 bits per heavy atom. The van der Waals surface area contributed by atoms with E-state index in [1.807, 2.05) is 44.2 Å². The standard InChI is InChI=1S/C29H22Cl2N4O3/c1-14(2)24-22-23(27(38)34(26(22)37)21-13-15(30)11-12-18(21)31)29(33-24)17-8-4-6-10-20(17)35-25(36)16-7-3-5-9-19(16)32-28(29)35/h3-14,22-24,33H,1-2H3/t22-,23-,24-,29+/m1/s1. The number of imide groups is 1. The van der Waals surface area contributed by atoms with Crippen LogP contribution >= 0.6 is 23.2 Å². The van der Waals surface area contributed by atoms with E-state index < -0.39 is 23.3 Å². The van der Waals surface area contributed by atoms with Gasteiger partial charge in [-0.1, -0.05) is 67.4 Å². The van der Waals surface area contributed by atoms with Crippen LogP contribution in [0.15, 0.2) is 71.5 Å². The molecule has 0 saturated carbocycles. The molecule has 0 aliphatic carbocycles. The second kappa shape index (κ2) is 7.99. The van der Waals surface area contributed by atoms with E-state index >= 15 is 0 Å². The van der Waals surface area contributed by atoms with Gasteiger partial charge in [-0.25, -0.2) is 9.88 Å². The number of benzene rings is 3. The third-order valence-corrected chi connectivity index (χ3v) is 8.72. The van der Waals surface area contributed by atoms with E-state index in [9.17, 15) is 14.4 Å². The zero-order valence-electron chi connectivity index (χ0n) is 20.5. The predicted molar refractivity (Wildman–Crippen MR) is 146 cm³/mol. The first kappa shape index (κ1) is 23.6. The first-order chi connectivity index (χ1) is 18.3. The average molecular weight is 545 g/mol. The summed E-state index contributed by atoms with van der Waals surface area (Å²) >= 11 is 12.7. The molecule has 0 unspecified atom stereocenters. The molecule has 3 aliphatic heterocycles. The van der Waals surface area contributed by atoms with E-state index in [1.54, 1.807) is 34.9 Å². The summed E-state index contributed by atoms with van der Waals surface area (Å²) < 4.78 is 1.59. The lowest BCUT2D eigenvalue weighted by atomic mass is 9.75. The molecule has 4 heterocycles. The minimum atomic E-state index is -1.19. The molecule has 1 spiro atoms. The molecule has 190 valence electrons. The van der Waals surface area contributed by atoms with Crippen molar-refractivity contribution in [3.8, 4) is 5.69 Å². The number of carbonyl (C=O) groups excluding carboxylic acids is 2. The predicted octanol–water partition coefficient (Wildman–Crippen LogP) is 4.68. The maximum Gasteiger partial charge on any atom is 0.266 e. The van der Waals surface area contributed by atoms with Gasteiger partial charge in [0.15, 0.2) is 0 Å². The Kier molecular flexibility index (Phi) is 4.96. The molecule has 1 aromatic heterocycles. The number of fused-ring (bicyclic) bond motifs is 8. The fourth-order valence-corrected chi connectivity index (χ4v) is 6.99. The summed E-state index contributed by atoms with van der Waals surface area (Å²) in [6, 6.07) is 19.1. The second-order valence-electron chi connectivity index (χ2n) is 10.4. The van der Waals surface area contributed by atoms with Gasteiger partial charge in [-0.15, -0.1) is 0 Å². The minimum absolute atomic E-state index is 0.00167. The van der Waals surface area contributed by atoms with E-state index in [1.165, 1.54) is 11.0 Å². The van der Waals surface area contributed by atoms with Gasteiger partial charge in [0.2, 0.25) is 11.8 Å². The van der Waals surface area contributed by atoms with Crippen molar-refractivity contribution in [3.05, 3.63) is 98.5 Å². The van der Waals surface area contributed by atoms with Gasteiger partial charge in [0.25, 0.3) is 5.56 Å². The highest BCUT2D eigenvalue weighted by Crippen LogP contribution is 2.56. The van der Waals surface area contributed by atoms with Crippen LogP contribution in [-0.2, 0) is 15.1 Å². The van der Waals surface area contributed by atoms with Crippen LogP contribution in [0.3, 0.4) is 0 Å². The fraction of sp³-hybridized carbons (Fsp3) is 0.241. The van der Waals surface area contributed by atoms with E-state index in [0.29, 0.717) is 27.4 Å². The molecule has 0 bridgehead atoms. The Morgan fingerprint density at radius 3 is 2.45 bits per heavy atom. The smallest absolute Gasteiger partial charge is 0.266 e. The van der Waals surface area contributed by atoms with Gasteiger partial charge in [0.05, 0.1) is 39.1 Å². The average Bonchev–Trinajstić information content (AvgIpc) is 3.50. The lowest BCUT2D eigenvalue weighted by Gasteiger charge is -2.32. The molecule has 4 atom stereocenters. The molecule has 4 aromatic rings. The molecular weight excluding hydrogens is 523 g/mol. The first-order valence-corrected chi connectivity index (χ1v) is 13.2. The molecular formula is C29H22Cl2N4O3. The van der Waals surface area contributed by atoms with E-state index in [2.05, 4.69) is 5.32 Å². The van der Waals surface area contributed by atoms with Crippen LogP contribution in [0.1, 0.15) is 25.2 Å². The molecule has 2 saturated heterocycles. The summed E-state index contributed by atoms with van der Waals surface area (Å²) in [5, 5.41) is 4.79. The van der Waals surface area contributed by atoms with Crippen LogP contribution in [-0.4, -0.2) is 27.4 Å². The Hall–Kier alpha value is -3.52. The van der Waals surface area contributed by atoms with Crippen molar-refractivity contribution in [3.63, 3.8) is 0 Å². The van der Waals surface area contributed by atoms with Crippen LogP contribution in [0, 0.1) is 17.8 Å². The van der Waals surface area contributed by atoms with Gasteiger partial charge in [-0.3, -0.25) is 24.3 Å². The third-order valence-electron chi connectivity index (χ3n) is 8.16. The van der Waals surface area contributed by atoms with E-state index in [0.717, 1.165) is 5.56 Å². The summed E-state index contributed by atoms with van der Waals surface area (Å²) in [6.07, 6.45) is 0. The zero-order valence-corrected chi connectivity index (χ0v) is 22.0. The number of nitrogens with zero attached hydrogens (tertiary/aromatic N) is 3. The highest BCUT2D eigenvalue weighted by molar-refractivity contribution is 6.38. The van der Waals surface area contributed by atoms with Crippen LogP contribution in [0.5, 0.6) is 0 Å². The lowest BCUT2D eigenvalue weighted by molar-refractivity contribution is -0.123. The number of hydrogen-bond donors (Lipinski definition) is 1. The number of hydrogen-bond acceptors (Lipinski definition) is 5. The molecule has 0 radical (unpaired) electrons. The second-order valence-corrected chi connectivity index (χ2v) is 11.3. The molecule has 2 amide bonds. The van der Waals surface area contributed by atoms with Crippen LogP contribution in [0.2, 0.25) is 10.0 Å². The SMILES string of the molecule is CC(C)[C@H]1N[C@@]2(c3ccccc3-n3c2nc2ccccc2c3=O)[C@H]2C(=O)N(c3cc(Cl)ccc3Cl)C(=O)[C@@H]12. The molecule has 7 nitrogen and oxygen atoms in total. The summed E-state index contributed by atoms with van der Waals surface area (Å²) in [4.78, 5) is 48.5. The molecule has 3 aliphatic rings. The highest BCUT2D eigenvalue weighted by Gasteiger charge is 2.70. The van der Waals surface area contributed by atoms with Crippen molar-refractivity contribution in [1.82, 2.24) is 14.9 Å². The molecule has 2 fully saturated rings. The van der Waals surface area contributed by atoms with Crippen molar-refractivity contribution in [1.29, 1.82) is 0 Å². The monoisotopic (exact) mass is 544 g/mol. The molecule has 3 aromatic carbocycles. The summed E-state index contributed by atoms with van der Waals surface area (Å²) in [5.74, 6) is -1.86. The number of anilines is 1. The van der Waals surface area contributed by atoms with Crippen molar-refractivity contribution in [2.24, 2.45) is 17.8 Å². The molecule has 9 heteroatoms. The van der Waals surface area contributed by atoms with Crippen LogP contribution in [0.4, 0.5) is 5.69 Å². The number of amides is 2. The highest BCUT2D eigenvalue weighted by atomic mass is 35.5. The third kappa shape index (κ3) is 2.84. The van der Waals surface area contributed by atoms with Gasteiger partial charge in [0.1, 0.15) is 11.4 Å². The van der Waals surface area contributed by atoms with Gasteiger partial charge in [-0.2, -0.15) is 0 Å². The largest absolute Gasteiger partial charge is 0.296 e. The maximum absolute atomic E-state index is 14.4. The topological polar surface area (TPSA) is 84.3 Å². The van der Waals surface area contributed by atoms with Crippen LogP contribution in [0.25, 0.3) is 16.6 Å². The molecule has 1 N–H and O–H groups in total. The van der Waals surface area contributed by atoms with Crippen molar-refractivity contribution in [2.45, 2.75) is 25.4 Å². The summed E-state index contributed by atoms with van der Waals surface area (Å²) in [7, 11) is 0. The van der Waals surface area contributed by atoms with Gasteiger partial charge < -0.3 is 0 Å². The molecule has 7 rings (SSSR count). The van der Waals surface area contributed by atoms with Crippen LogP contribution < -0.4 is 15.8 Å². The Labute approximate surface area is 228 Å². The normalized spacial score (nSPS) is 25.5. The fourth-order valence-electron chi connectivity index (χ4n) is 6.62. The number of carbonyl (C=O) groups is 2. The van der Waals surface area contributed by atoms with Gasteiger partial charge in [0, 0.05) is 16.6 Å². The zero-order chi connectivity index (χ0) is 26.5. The lowest BCUT2D eigenvalue weighted by Crippen LogP contribution is -2.51. The number of halogens is 2. The Bertz CT molecular complexity index is 1770. The van der Waals surface area contributed by atoms with Crippen molar-refractivity contribution >= 4 is 51.6 Å². The summed E-state index contributed by atoms with van der Waals surface area (Å²) in [6.45, 7) is 4.03. The van der Waals surface area contributed by atoms with Gasteiger partial charge in [-0.05, 0) is 42.3 Å². The number of nitrogens with one attached hydrogen (secondary N) is 1. The Balaban J connectivity index is 1.54. The quantitative estimate of drug-likeness (QED) is 0.370. The number of rotatable bonds is 2. The number of aromatic nitrogens is 2. The maximum atomic E-state index is 14.4. The van der Waals surface area contributed by atoms with Crippen molar-refractivity contribution < 1.29 is 9.59 Å².